The molecule has 1 aliphatic rings. The first-order chi connectivity index (χ1) is 12.5. The third-order valence-electron chi connectivity index (χ3n) is 3.91. The van der Waals surface area contributed by atoms with E-state index in [1.807, 2.05) is 6.07 Å². The zero-order valence-electron chi connectivity index (χ0n) is 14.6. The van der Waals surface area contributed by atoms with Crippen molar-refractivity contribution in [3.05, 3.63) is 36.5 Å². The molecule has 2 heterocycles. The number of sulfonamides is 1. The normalized spacial score (nSPS) is 15.0. The number of nitrogens with zero attached hydrogens (tertiary/aromatic N) is 2. The van der Waals surface area contributed by atoms with Gasteiger partial charge in [-0.2, -0.15) is 0 Å². The molecule has 0 atom stereocenters. The summed E-state index contributed by atoms with van der Waals surface area (Å²) in [4.78, 5) is 5.12. The monoisotopic (exact) mass is 395 g/mol. The van der Waals surface area contributed by atoms with Crippen molar-refractivity contribution < 1.29 is 17.9 Å². The number of aromatic nitrogens is 1. The highest BCUT2D eigenvalue weighted by atomic mass is 32.2. The highest BCUT2D eigenvalue weighted by Crippen LogP contribution is 2.29. The number of rotatable bonds is 7. The minimum Gasteiger partial charge on any atom is -0.497 e. The van der Waals surface area contributed by atoms with Crippen LogP contribution in [0, 0.1) is 0 Å². The SMILES string of the molecule is COc1cc(OC)cc(S(=O)(=O)Nc2cc(SN3CCCC3)ccn2)c1. The largest absolute Gasteiger partial charge is 0.497 e. The fourth-order valence-corrected chi connectivity index (χ4v) is 4.66. The van der Waals surface area contributed by atoms with Gasteiger partial charge >= 0.3 is 0 Å². The van der Waals surface area contributed by atoms with E-state index >= 15 is 0 Å². The lowest BCUT2D eigenvalue weighted by Crippen LogP contribution is -2.14. The van der Waals surface area contributed by atoms with Crippen molar-refractivity contribution in [1.82, 2.24) is 9.29 Å². The van der Waals surface area contributed by atoms with Gasteiger partial charge in [-0.25, -0.2) is 17.7 Å². The van der Waals surface area contributed by atoms with E-state index in [0.29, 0.717) is 11.5 Å². The first kappa shape index (κ1) is 18.8. The average molecular weight is 396 g/mol. The molecule has 0 spiro atoms. The van der Waals surface area contributed by atoms with E-state index in [-0.39, 0.29) is 10.7 Å². The molecule has 0 radical (unpaired) electrons. The van der Waals surface area contributed by atoms with Crippen LogP contribution < -0.4 is 14.2 Å². The molecule has 1 aliphatic heterocycles. The van der Waals surface area contributed by atoms with Crippen molar-refractivity contribution >= 4 is 27.8 Å². The van der Waals surface area contributed by atoms with E-state index in [1.165, 1.54) is 39.2 Å². The molecule has 2 aromatic rings. The van der Waals surface area contributed by atoms with E-state index in [2.05, 4.69) is 14.0 Å². The molecule has 26 heavy (non-hydrogen) atoms. The van der Waals surface area contributed by atoms with Gasteiger partial charge in [0, 0.05) is 42.4 Å². The Hall–Kier alpha value is -1.97. The average Bonchev–Trinajstić information content (AvgIpc) is 3.14. The third-order valence-corrected chi connectivity index (χ3v) is 6.33. The van der Waals surface area contributed by atoms with Gasteiger partial charge in [-0.05, 0) is 36.9 Å². The maximum Gasteiger partial charge on any atom is 0.263 e. The molecule has 140 valence electrons. The topological polar surface area (TPSA) is 80.8 Å². The molecule has 0 amide bonds. The highest BCUT2D eigenvalue weighted by Gasteiger charge is 2.19. The number of ether oxygens (including phenoxy) is 2. The lowest BCUT2D eigenvalue weighted by molar-refractivity contribution is 0.392. The van der Waals surface area contributed by atoms with Crippen LogP contribution in [0.1, 0.15) is 12.8 Å². The zero-order valence-corrected chi connectivity index (χ0v) is 16.3. The Morgan fingerprint density at radius 2 is 1.73 bits per heavy atom. The number of nitrogens with one attached hydrogen (secondary N) is 1. The second-order valence-electron chi connectivity index (χ2n) is 5.76. The first-order valence-corrected chi connectivity index (χ1v) is 10.4. The molecule has 3 rings (SSSR count). The van der Waals surface area contributed by atoms with Gasteiger partial charge in [0.15, 0.2) is 0 Å². The Balaban J connectivity index is 1.81. The van der Waals surface area contributed by atoms with E-state index in [9.17, 15) is 8.42 Å². The van der Waals surface area contributed by atoms with Gasteiger partial charge in [0.1, 0.15) is 17.3 Å². The summed E-state index contributed by atoms with van der Waals surface area (Å²) >= 11 is 1.62. The molecular weight excluding hydrogens is 374 g/mol. The van der Waals surface area contributed by atoms with Crippen molar-refractivity contribution in [1.29, 1.82) is 0 Å². The molecule has 1 fully saturated rings. The standard InChI is InChI=1S/C17H21N3O4S2/c1-23-13-9-14(24-2)11-16(10-13)26(21,22)19-17-12-15(5-6-18-17)25-20-7-3-4-8-20/h5-6,9-12H,3-4,7-8H2,1-2H3,(H,18,19). The van der Waals surface area contributed by atoms with E-state index in [4.69, 9.17) is 9.47 Å². The number of methoxy groups -OCH3 is 2. The summed E-state index contributed by atoms with van der Waals surface area (Å²) < 4.78 is 40.5. The van der Waals surface area contributed by atoms with E-state index < -0.39 is 10.0 Å². The summed E-state index contributed by atoms with van der Waals surface area (Å²) in [6.45, 7) is 2.08. The van der Waals surface area contributed by atoms with Crippen molar-refractivity contribution in [3.63, 3.8) is 0 Å². The lowest BCUT2D eigenvalue weighted by Gasteiger charge is -2.14. The van der Waals surface area contributed by atoms with Gasteiger partial charge in [-0.3, -0.25) is 4.72 Å². The summed E-state index contributed by atoms with van der Waals surface area (Å²) in [5.41, 5.74) is 0. The van der Waals surface area contributed by atoms with E-state index in [1.54, 1.807) is 30.3 Å². The van der Waals surface area contributed by atoms with E-state index in [0.717, 1.165) is 18.0 Å². The third kappa shape index (κ3) is 4.60. The zero-order chi connectivity index (χ0) is 18.6. The van der Waals surface area contributed by atoms with Gasteiger partial charge in [0.05, 0.1) is 19.1 Å². The Kier molecular flexibility index (Phi) is 5.90. The number of pyridine rings is 1. The second-order valence-corrected chi connectivity index (χ2v) is 8.61. The van der Waals surface area contributed by atoms with Crippen molar-refractivity contribution in [2.45, 2.75) is 22.6 Å². The van der Waals surface area contributed by atoms with Gasteiger partial charge in [0.25, 0.3) is 10.0 Å². The van der Waals surface area contributed by atoms with Gasteiger partial charge in [0.2, 0.25) is 0 Å². The summed E-state index contributed by atoms with van der Waals surface area (Å²) in [5, 5.41) is 0. The molecule has 1 aromatic carbocycles. The van der Waals surface area contributed by atoms with Gasteiger partial charge < -0.3 is 9.47 Å². The first-order valence-electron chi connectivity index (χ1n) is 8.15. The van der Waals surface area contributed by atoms with Gasteiger partial charge in [-0.15, -0.1) is 0 Å². The van der Waals surface area contributed by atoms with Crippen LogP contribution in [0.4, 0.5) is 5.82 Å². The Bertz CT molecular complexity index is 846. The predicted octanol–water partition coefficient (Wildman–Crippen LogP) is 3.00. The molecule has 0 unspecified atom stereocenters. The van der Waals surface area contributed by atoms with Crippen LogP contribution in [-0.4, -0.2) is 45.0 Å². The van der Waals surface area contributed by atoms with Crippen molar-refractivity contribution in [2.24, 2.45) is 0 Å². The fraction of sp³-hybridized carbons (Fsp3) is 0.353. The second kappa shape index (κ2) is 8.15. The van der Waals surface area contributed by atoms with Crippen molar-refractivity contribution in [3.8, 4) is 11.5 Å². The smallest absolute Gasteiger partial charge is 0.263 e. The van der Waals surface area contributed by atoms with Crippen molar-refractivity contribution in [2.75, 3.05) is 32.0 Å². The summed E-state index contributed by atoms with van der Waals surface area (Å²) in [6.07, 6.45) is 3.98. The van der Waals surface area contributed by atoms with Crippen LogP contribution in [0.5, 0.6) is 11.5 Å². The molecule has 0 saturated carbocycles. The molecule has 9 heteroatoms. The molecule has 1 N–H and O–H groups in total. The van der Waals surface area contributed by atoms with Crippen LogP contribution in [0.3, 0.4) is 0 Å². The Morgan fingerprint density at radius 3 is 2.35 bits per heavy atom. The van der Waals surface area contributed by atoms with Crippen LogP contribution in [0.25, 0.3) is 0 Å². The number of benzene rings is 1. The van der Waals surface area contributed by atoms with Crippen LogP contribution in [-0.2, 0) is 10.0 Å². The Morgan fingerprint density at radius 1 is 1.08 bits per heavy atom. The lowest BCUT2D eigenvalue weighted by atomic mass is 10.3. The van der Waals surface area contributed by atoms with Crippen LogP contribution in [0.2, 0.25) is 0 Å². The summed E-state index contributed by atoms with van der Waals surface area (Å²) in [6, 6.07) is 8.10. The molecule has 7 nitrogen and oxygen atoms in total. The fourth-order valence-electron chi connectivity index (χ4n) is 2.59. The molecule has 0 aliphatic carbocycles. The minimum atomic E-state index is -3.82. The van der Waals surface area contributed by atoms with Crippen LogP contribution in [0.15, 0.2) is 46.3 Å². The molecule has 1 saturated heterocycles. The number of hydrogen-bond donors (Lipinski definition) is 1. The quantitative estimate of drug-likeness (QED) is 0.722. The molecule has 0 bridgehead atoms. The summed E-state index contributed by atoms with van der Waals surface area (Å²) in [7, 11) is -0.875. The van der Waals surface area contributed by atoms with Crippen LogP contribution >= 0.6 is 11.9 Å². The summed E-state index contributed by atoms with van der Waals surface area (Å²) in [5.74, 6) is 1.07. The van der Waals surface area contributed by atoms with Gasteiger partial charge in [-0.1, -0.05) is 0 Å². The predicted molar refractivity (Wildman–Crippen MR) is 101 cm³/mol. The maximum atomic E-state index is 12.7. The molecular formula is C17H21N3O4S2. The minimum absolute atomic E-state index is 0.0492. The highest BCUT2D eigenvalue weighted by molar-refractivity contribution is 7.97. The number of anilines is 1. The number of hydrogen-bond acceptors (Lipinski definition) is 7. The molecule has 1 aromatic heterocycles. The Labute approximate surface area is 157 Å². The maximum absolute atomic E-state index is 12.7.